The van der Waals surface area contributed by atoms with Crippen molar-refractivity contribution in [3.8, 4) is 11.5 Å². The van der Waals surface area contributed by atoms with Crippen LogP contribution in [0, 0.1) is 0 Å². The molecule has 1 aromatic carbocycles. The highest BCUT2D eigenvalue weighted by Crippen LogP contribution is 2.31. The van der Waals surface area contributed by atoms with Gasteiger partial charge in [-0.3, -0.25) is 0 Å². The standard InChI is InChI=1S/C18H30N2O3/c1-19-10-7-14(8-11-19)20(2)12-9-17(21)16-6-5-15(22-3)13-18(16)23-4/h5-6,13-14,17,21H,7-12H2,1-4H3. The molecule has 0 saturated carbocycles. The van der Waals surface area contributed by atoms with Gasteiger partial charge in [-0.15, -0.1) is 0 Å². The van der Waals surface area contributed by atoms with Crippen molar-refractivity contribution in [1.29, 1.82) is 0 Å². The highest BCUT2D eigenvalue weighted by atomic mass is 16.5. The van der Waals surface area contributed by atoms with E-state index in [0.29, 0.717) is 18.2 Å². The molecule has 0 amide bonds. The van der Waals surface area contributed by atoms with E-state index in [9.17, 15) is 5.11 Å². The third kappa shape index (κ3) is 4.83. The largest absolute Gasteiger partial charge is 0.497 e. The summed E-state index contributed by atoms with van der Waals surface area (Å²) in [6, 6.07) is 6.19. The zero-order valence-corrected chi connectivity index (χ0v) is 14.8. The van der Waals surface area contributed by atoms with Crippen LogP contribution in [0.3, 0.4) is 0 Å². The molecule has 1 fully saturated rings. The van der Waals surface area contributed by atoms with E-state index in [0.717, 1.165) is 30.9 Å². The average molecular weight is 322 g/mol. The van der Waals surface area contributed by atoms with E-state index < -0.39 is 6.10 Å². The van der Waals surface area contributed by atoms with Crippen molar-refractivity contribution >= 4 is 0 Å². The molecule has 1 aliphatic rings. The molecule has 1 heterocycles. The second-order valence-corrected chi connectivity index (χ2v) is 6.43. The van der Waals surface area contributed by atoms with E-state index in [1.807, 2.05) is 18.2 Å². The summed E-state index contributed by atoms with van der Waals surface area (Å²) in [5, 5.41) is 10.5. The fourth-order valence-corrected chi connectivity index (χ4v) is 3.19. The molecule has 23 heavy (non-hydrogen) atoms. The summed E-state index contributed by atoms with van der Waals surface area (Å²) in [5.41, 5.74) is 0.824. The fourth-order valence-electron chi connectivity index (χ4n) is 3.19. The van der Waals surface area contributed by atoms with E-state index in [2.05, 4.69) is 23.9 Å². The first kappa shape index (κ1) is 18.0. The quantitative estimate of drug-likeness (QED) is 0.833. The van der Waals surface area contributed by atoms with Crippen LogP contribution >= 0.6 is 0 Å². The molecule has 2 rings (SSSR count). The molecule has 0 bridgehead atoms. The zero-order chi connectivity index (χ0) is 16.8. The highest BCUT2D eigenvalue weighted by molar-refractivity contribution is 5.41. The van der Waals surface area contributed by atoms with Crippen molar-refractivity contribution < 1.29 is 14.6 Å². The van der Waals surface area contributed by atoms with Gasteiger partial charge < -0.3 is 24.4 Å². The molecular formula is C18H30N2O3. The number of likely N-dealkylation sites (tertiary alicyclic amines) is 1. The van der Waals surface area contributed by atoms with Crippen molar-refractivity contribution in [2.45, 2.75) is 31.4 Å². The Hall–Kier alpha value is -1.30. The van der Waals surface area contributed by atoms with E-state index in [4.69, 9.17) is 9.47 Å². The summed E-state index contributed by atoms with van der Waals surface area (Å²) >= 11 is 0. The van der Waals surface area contributed by atoms with Gasteiger partial charge in [-0.1, -0.05) is 0 Å². The third-order valence-corrected chi connectivity index (χ3v) is 4.87. The number of piperidine rings is 1. The van der Waals surface area contributed by atoms with E-state index in [1.54, 1.807) is 14.2 Å². The average Bonchev–Trinajstić information content (AvgIpc) is 2.59. The van der Waals surface area contributed by atoms with Gasteiger partial charge in [0.05, 0.1) is 20.3 Å². The molecule has 0 aromatic heterocycles. The summed E-state index contributed by atoms with van der Waals surface area (Å²) in [4.78, 5) is 4.76. The number of benzene rings is 1. The van der Waals surface area contributed by atoms with Gasteiger partial charge in [0.15, 0.2) is 0 Å². The van der Waals surface area contributed by atoms with Crippen LogP contribution in [0.2, 0.25) is 0 Å². The first-order valence-corrected chi connectivity index (χ1v) is 8.34. The van der Waals surface area contributed by atoms with Crippen LogP contribution in [-0.4, -0.2) is 68.9 Å². The third-order valence-electron chi connectivity index (χ3n) is 4.87. The lowest BCUT2D eigenvalue weighted by Crippen LogP contribution is -2.42. The molecule has 0 spiro atoms. The van der Waals surface area contributed by atoms with Crippen molar-refractivity contribution in [1.82, 2.24) is 9.80 Å². The van der Waals surface area contributed by atoms with Crippen molar-refractivity contribution in [2.24, 2.45) is 0 Å². The zero-order valence-electron chi connectivity index (χ0n) is 14.8. The Balaban J connectivity index is 1.90. The van der Waals surface area contributed by atoms with Crippen molar-refractivity contribution in [3.05, 3.63) is 23.8 Å². The summed E-state index contributed by atoms with van der Waals surface area (Å²) in [5.74, 6) is 1.42. The van der Waals surface area contributed by atoms with Crippen LogP contribution in [-0.2, 0) is 0 Å². The Bertz CT molecular complexity index is 487. The minimum Gasteiger partial charge on any atom is -0.497 e. The highest BCUT2D eigenvalue weighted by Gasteiger charge is 2.22. The minimum atomic E-state index is -0.524. The van der Waals surface area contributed by atoms with Gasteiger partial charge >= 0.3 is 0 Å². The Morgan fingerprint density at radius 1 is 1.26 bits per heavy atom. The minimum absolute atomic E-state index is 0.524. The lowest BCUT2D eigenvalue weighted by atomic mass is 10.0. The molecule has 1 atom stereocenters. The first-order chi connectivity index (χ1) is 11.0. The first-order valence-electron chi connectivity index (χ1n) is 8.34. The van der Waals surface area contributed by atoms with E-state index >= 15 is 0 Å². The summed E-state index contributed by atoms with van der Waals surface area (Å²) in [7, 11) is 7.58. The summed E-state index contributed by atoms with van der Waals surface area (Å²) in [6.07, 6.45) is 2.58. The van der Waals surface area contributed by atoms with Crippen LogP contribution < -0.4 is 9.47 Å². The topological polar surface area (TPSA) is 45.2 Å². The summed E-state index contributed by atoms with van der Waals surface area (Å²) < 4.78 is 10.6. The van der Waals surface area contributed by atoms with Crippen LogP contribution in [0.1, 0.15) is 30.9 Å². The van der Waals surface area contributed by atoms with Crippen molar-refractivity contribution in [3.63, 3.8) is 0 Å². The maximum absolute atomic E-state index is 10.5. The second kappa shape index (κ2) is 8.52. The van der Waals surface area contributed by atoms with Gasteiger partial charge in [0, 0.05) is 24.2 Å². The van der Waals surface area contributed by atoms with E-state index in [-0.39, 0.29) is 0 Å². The molecule has 0 aliphatic carbocycles. The number of aliphatic hydroxyl groups is 1. The number of ether oxygens (including phenoxy) is 2. The number of hydrogen-bond acceptors (Lipinski definition) is 5. The lowest BCUT2D eigenvalue weighted by Gasteiger charge is -2.35. The molecular weight excluding hydrogens is 292 g/mol. The van der Waals surface area contributed by atoms with E-state index in [1.165, 1.54) is 12.8 Å². The molecule has 5 heteroatoms. The molecule has 1 N–H and O–H groups in total. The fraction of sp³-hybridized carbons (Fsp3) is 0.667. The molecule has 0 radical (unpaired) electrons. The van der Waals surface area contributed by atoms with Gasteiger partial charge in [0.1, 0.15) is 11.5 Å². The normalized spacial score (nSPS) is 18.2. The smallest absolute Gasteiger partial charge is 0.128 e. The molecule has 130 valence electrons. The predicted octanol–water partition coefficient (Wildman–Crippen LogP) is 2.15. The van der Waals surface area contributed by atoms with Gasteiger partial charge in [0.2, 0.25) is 0 Å². The molecule has 1 saturated heterocycles. The number of methoxy groups -OCH3 is 2. The van der Waals surface area contributed by atoms with Gasteiger partial charge in [-0.25, -0.2) is 0 Å². The maximum Gasteiger partial charge on any atom is 0.128 e. The monoisotopic (exact) mass is 322 g/mol. The maximum atomic E-state index is 10.5. The molecule has 5 nitrogen and oxygen atoms in total. The Kier molecular flexibility index (Phi) is 6.69. The van der Waals surface area contributed by atoms with Gasteiger partial charge in [0.25, 0.3) is 0 Å². The Labute approximate surface area is 139 Å². The van der Waals surface area contributed by atoms with Crippen LogP contribution in [0.5, 0.6) is 11.5 Å². The Morgan fingerprint density at radius 2 is 1.96 bits per heavy atom. The van der Waals surface area contributed by atoms with Gasteiger partial charge in [-0.2, -0.15) is 0 Å². The SMILES string of the molecule is COc1ccc(C(O)CCN(C)C2CCN(C)CC2)c(OC)c1. The van der Waals surface area contributed by atoms with Crippen molar-refractivity contribution in [2.75, 3.05) is 47.9 Å². The number of hydrogen-bond donors (Lipinski definition) is 1. The Morgan fingerprint density at radius 3 is 2.57 bits per heavy atom. The van der Waals surface area contributed by atoms with Crippen LogP contribution in [0.25, 0.3) is 0 Å². The van der Waals surface area contributed by atoms with Gasteiger partial charge in [-0.05, 0) is 58.6 Å². The number of nitrogens with zero attached hydrogens (tertiary/aromatic N) is 2. The van der Waals surface area contributed by atoms with Crippen LogP contribution in [0.4, 0.5) is 0 Å². The molecule has 1 aromatic rings. The predicted molar refractivity (Wildman–Crippen MR) is 92.3 cm³/mol. The molecule has 1 aliphatic heterocycles. The lowest BCUT2D eigenvalue weighted by molar-refractivity contribution is 0.108. The summed E-state index contributed by atoms with van der Waals surface area (Å²) in [6.45, 7) is 3.19. The van der Waals surface area contributed by atoms with Crippen LogP contribution in [0.15, 0.2) is 18.2 Å². The second-order valence-electron chi connectivity index (χ2n) is 6.43. The number of aliphatic hydroxyl groups excluding tert-OH is 1. The number of rotatable bonds is 7. The molecule has 1 unspecified atom stereocenters.